The summed E-state index contributed by atoms with van der Waals surface area (Å²) in [6.45, 7) is 1.13. The van der Waals surface area contributed by atoms with Gasteiger partial charge in [0.2, 0.25) is 0 Å². The number of non-ortho nitro benzene ring substituents is 1. The van der Waals surface area contributed by atoms with Gasteiger partial charge in [0, 0.05) is 12.1 Å². The molecule has 0 saturated heterocycles. The Kier molecular flexibility index (Phi) is 3.23. The molecule has 7 heteroatoms. The molecule has 0 unspecified atom stereocenters. The Morgan fingerprint density at radius 3 is 2.68 bits per heavy atom. The van der Waals surface area contributed by atoms with Crippen molar-refractivity contribution in [1.29, 1.82) is 0 Å². The Morgan fingerprint density at radius 2 is 2.21 bits per heavy atom. The van der Waals surface area contributed by atoms with E-state index in [4.69, 9.17) is 5.11 Å². The van der Waals surface area contributed by atoms with Gasteiger partial charge in [0.05, 0.1) is 22.6 Å². The van der Waals surface area contributed by atoms with Gasteiger partial charge in [-0.2, -0.15) is 0 Å². The maximum absolute atomic E-state index is 13.8. The van der Waals surface area contributed by atoms with Crippen molar-refractivity contribution in [3.05, 3.63) is 39.2 Å². The lowest BCUT2D eigenvalue weighted by molar-refractivity contribution is -0.385. The second-order valence-corrected chi connectivity index (χ2v) is 4.77. The summed E-state index contributed by atoms with van der Waals surface area (Å²) in [5.41, 5.74) is -1.36. The molecule has 102 valence electrons. The maximum Gasteiger partial charge on any atom is 0.270 e. The van der Waals surface area contributed by atoms with Crippen molar-refractivity contribution in [3.63, 3.8) is 0 Å². The number of nitro groups is 1. The predicted octanol–water partition coefficient (Wildman–Crippen LogP) is 1.30. The van der Waals surface area contributed by atoms with Gasteiger partial charge in [-0.05, 0) is 25.3 Å². The number of halogens is 1. The van der Waals surface area contributed by atoms with Crippen LogP contribution < -0.4 is 5.32 Å². The van der Waals surface area contributed by atoms with Crippen molar-refractivity contribution in [2.75, 3.05) is 6.61 Å². The summed E-state index contributed by atoms with van der Waals surface area (Å²) in [5.74, 6) is -1.52. The van der Waals surface area contributed by atoms with Gasteiger partial charge >= 0.3 is 0 Å². The molecule has 1 aromatic carbocycles. The van der Waals surface area contributed by atoms with Crippen molar-refractivity contribution < 1.29 is 19.2 Å². The van der Waals surface area contributed by atoms with E-state index in [-0.39, 0.29) is 23.4 Å². The van der Waals surface area contributed by atoms with E-state index in [1.54, 1.807) is 0 Å². The molecule has 1 aromatic rings. The molecule has 0 spiro atoms. The van der Waals surface area contributed by atoms with Crippen LogP contribution in [-0.4, -0.2) is 28.1 Å². The molecular formula is C12H13FN2O4. The molecule has 1 fully saturated rings. The lowest BCUT2D eigenvalue weighted by Gasteiger charge is -2.14. The Hall–Kier alpha value is -2.02. The summed E-state index contributed by atoms with van der Waals surface area (Å²) in [7, 11) is 0. The van der Waals surface area contributed by atoms with Crippen molar-refractivity contribution in [3.8, 4) is 0 Å². The zero-order valence-corrected chi connectivity index (χ0v) is 10.3. The summed E-state index contributed by atoms with van der Waals surface area (Å²) >= 11 is 0. The normalized spacial score (nSPS) is 15.9. The first-order valence-corrected chi connectivity index (χ1v) is 5.76. The molecule has 0 radical (unpaired) electrons. The number of carbonyl (C=O) groups is 1. The minimum Gasteiger partial charge on any atom is -0.394 e. The molecule has 0 heterocycles. The van der Waals surface area contributed by atoms with Crippen LogP contribution in [0.4, 0.5) is 10.1 Å². The topological polar surface area (TPSA) is 92.5 Å². The second kappa shape index (κ2) is 4.58. The van der Waals surface area contributed by atoms with Crippen molar-refractivity contribution in [1.82, 2.24) is 5.32 Å². The molecule has 1 aliphatic carbocycles. The molecule has 0 aromatic heterocycles. The number of nitrogens with zero attached hydrogens (tertiary/aromatic N) is 1. The van der Waals surface area contributed by atoms with Gasteiger partial charge in [0.1, 0.15) is 5.82 Å². The summed E-state index contributed by atoms with van der Waals surface area (Å²) in [5, 5.41) is 22.3. The van der Waals surface area contributed by atoms with Gasteiger partial charge in [-0.15, -0.1) is 0 Å². The molecule has 1 aliphatic rings. The van der Waals surface area contributed by atoms with E-state index < -0.39 is 22.2 Å². The van der Waals surface area contributed by atoms with E-state index in [9.17, 15) is 19.3 Å². The fourth-order valence-electron chi connectivity index (χ4n) is 1.80. The molecule has 6 nitrogen and oxygen atoms in total. The van der Waals surface area contributed by atoms with Crippen LogP contribution in [0.3, 0.4) is 0 Å². The number of nitrogens with one attached hydrogen (secondary N) is 1. The number of carbonyl (C=O) groups excluding carboxylic acids is 1. The zero-order valence-electron chi connectivity index (χ0n) is 10.3. The quantitative estimate of drug-likeness (QED) is 0.635. The van der Waals surface area contributed by atoms with E-state index in [0.717, 1.165) is 12.1 Å². The van der Waals surface area contributed by atoms with E-state index in [2.05, 4.69) is 5.32 Å². The monoisotopic (exact) mass is 268 g/mol. The molecule has 2 rings (SSSR count). The molecule has 0 aliphatic heterocycles. The van der Waals surface area contributed by atoms with Gasteiger partial charge in [-0.3, -0.25) is 14.9 Å². The molecule has 1 saturated carbocycles. The van der Waals surface area contributed by atoms with Gasteiger partial charge in [-0.25, -0.2) is 4.39 Å². The SMILES string of the molecule is Cc1cc([N+](=O)[O-])cc(C(=O)NC2(CO)CC2)c1F. The van der Waals surface area contributed by atoms with Crippen LogP contribution in [0.5, 0.6) is 0 Å². The zero-order chi connectivity index (χ0) is 14.2. The molecule has 0 bridgehead atoms. The van der Waals surface area contributed by atoms with Gasteiger partial charge < -0.3 is 10.4 Å². The Morgan fingerprint density at radius 1 is 1.58 bits per heavy atom. The lowest BCUT2D eigenvalue weighted by Crippen LogP contribution is -2.40. The summed E-state index contributed by atoms with van der Waals surface area (Å²) in [6.07, 6.45) is 1.23. The summed E-state index contributed by atoms with van der Waals surface area (Å²) < 4.78 is 13.8. The van der Waals surface area contributed by atoms with Crippen LogP contribution in [0.15, 0.2) is 12.1 Å². The predicted molar refractivity (Wildman–Crippen MR) is 64.3 cm³/mol. The van der Waals surface area contributed by atoms with E-state index in [1.807, 2.05) is 0 Å². The third kappa shape index (κ3) is 2.55. The highest BCUT2D eigenvalue weighted by molar-refractivity contribution is 5.96. The first-order chi connectivity index (χ1) is 8.88. The molecule has 1 amide bonds. The number of hydrogen-bond donors (Lipinski definition) is 2. The number of aryl methyl sites for hydroxylation is 1. The van der Waals surface area contributed by atoms with E-state index >= 15 is 0 Å². The van der Waals surface area contributed by atoms with Gasteiger partial charge in [0.25, 0.3) is 11.6 Å². The Balaban J connectivity index is 2.33. The maximum atomic E-state index is 13.8. The third-order valence-electron chi connectivity index (χ3n) is 3.23. The summed E-state index contributed by atoms with van der Waals surface area (Å²) in [4.78, 5) is 21.9. The van der Waals surface area contributed by atoms with Crippen LogP contribution in [-0.2, 0) is 0 Å². The average molecular weight is 268 g/mol. The fourth-order valence-corrected chi connectivity index (χ4v) is 1.80. The number of amides is 1. The van der Waals surface area contributed by atoms with Crippen molar-refractivity contribution in [2.45, 2.75) is 25.3 Å². The minimum atomic E-state index is -0.781. The number of hydrogen-bond acceptors (Lipinski definition) is 4. The van der Waals surface area contributed by atoms with Crippen LogP contribution >= 0.6 is 0 Å². The van der Waals surface area contributed by atoms with Crippen LogP contribution in [0.1, 0.15) is 28.8 Å². The van der Waals surface area contributed by atoms with E-state index in [1.165, 1.54) is 6.92 Å². The number of rotatable bonds is 4. The fraction of sp³-hybridized carbons (Fsp3) is 0.417. The number of aliphatic hydroxyl groups is 1. The standard InChI is InChI=1S/C12H13FN2O4/c1-7-4-8(15(18)19)5-9(10(7)13)11(17)14-12(6-16)2-3-12/h4-5,16H,2-3,6H2,1H3,(H,14,17). The van der Waals surface area contributed by atoms with Crippen molar-refractivity contribution >= 4 is 11.6 Å². The molecule has 0 atom stereocenters. The lowest BCUT2D eigenvalue weighted by atomic mass is 10.1. The summed E-state index contributed by atoms with van der Waals surface area (Å²) in [6, 6.07) is 1.98. The first-order valence-electron chi connectivity index (χ1n) is 5.76. The largest absolute Gasteiger partial charge is 0.394 e. The average Bonchev–Trinajstić information content (AvgIpc) is 3.12. The van der Waals surface area contributed by atoms with Crippen LogP contribution in [0.2, 0.25) is 0 Å². The van der Waals surface area contributed by atoms with Crippen LogP contribution in [0, 0.1) is 22.9 Å². The smallest absolute Gasteiger partial charge is 0.270 e. The number of benzene rings is 1. The molecule has 19 heavy (non-hydrogen) atoms. The second-order valence-electron chi connectivity index (χ2n) is 4.77. The highest BCUT2D eigenvalue weighted by Gasteiger charge is 2.44. The third-order valence-corrected chi connectivity index (χ3v) is 3.23. The van der Waals surface area contributed by atoms with Crippen LogP contribution in [0.25, 0.3) is 0 Å². The number of nitro benzene ring substituents is 1. The molecule has 2 N–H and O–H groups in total. The highest BCUT2D eigenvalue weighted by atomic mass is 19.1. The van der Waals surface area contributed by atoms with Gasteiger partial charge in [-0.1, -0.05) is 0 Å². The highest BCUT2D eigenvalue weighted by Crippen LogP contribution is 2.35. The first kappa shape index (κ1) is 13.4. The molecular weight excluding hydrogens is 255 g/mol. The Bertz CT molecular complexity index is 555. The minimum absolute atomic E-state index is 0.0354. The number of aliphatic hydroxyl groups excluding tert-OH is 1. The Labute approximate surface area is 108 Å². The van der Waals surface area contributed by atoms with Gasteiger partial charge in [0.15, 0.2) is 0 Å². The van der Waals surface area contributed by atoms with Crippen molar-refractivity contribution in [2.24, 2.45) is 0 Å². The van der Waals surface area contributed by atoms with E-state index in [0.29, 0.717) is 12.8 Å².